The Balaban J connectivity index is 1.65. The third-order valence-electron chi connectivity index (χ3n) is 5.56. The number of morpholine rings is 1. The van der Waals surface area contributed by atoms with Crippen molar-refractivity contribution >= 4 is 23.0 Å². The van der Waals surface area contributed by atoms with E-state index in [9.17, 15) is 14.7 Å². The number of carbonyl (C=O) groups excluding carboxylic acids is 2. The van der Waals surface area contributed by atoms with Gasteiger partial charge in [0.05, 0.1) is 36.3 Å². The van der Waals surface area contributed by atoms with Crippen molar-refractivity contribution in [2.45, 2.75) is 13.0 Å². The fraction of sp³-hybridized carbons (Fsp3) is 0.391. The standard InChI is InChI=1S/C23H26N2O5S/c1-2-30-17-7-5-16(6-8-17)20-19(21(26)18-4-3-15-31-18)22(27)23(28)25(20)10-9-24-11-13-29-14-12-24/h3-8,15,20,27H,2,9-14H2,1H3. The van der Waals surface area contributed by atoms with E-state index in [0.29, 0.717) is 37.8 Å². The second-order valence-corrected chi connectivity index (χ2v) is 8.37. The van der Waals surface area contributed by atoms with Crippen LogP contribution in [0.2, 0.25) is 0 Å². The van der Waals surface area contributed by atoms with Crippen LogP contribution in [0.3, 0.4) is 0 Å². The Labute approximate surface area is 185 Å². The molecule has 0 aliphatic carbocycles. The molecule has 1 atom stereocenters. The SMILES string of the molecule is CCOc1ccc(C2C(C(=O)c3cccs3)=C(O)C(=O)N2CCN2CCOCC2)cc1. The summed E-state index contributed by atoms with van der Waals surface area (Å²) in [5.74, 6) is -0.560. The fourth-order valence-electron chi connectivity index (χ4n) is 3.99. The minimum Gasteiger partial charge on any atom is -0.503 e. The van der Waals surface area contributed by atoms with Gasteiger partial charge in [0, 0.05) is 26.2 Å². The van der Waals surface area contributed by atoms with Crippen LogP contribution in [-0.4, -0.2) is 72.6 Å². The van der Waals surface area contributed by atoms with Crippen LogP contribution in [0.15, 0.2) is 53.1 Å². The Morgan fingerprint density at radius 3 is 2.58 bits per heavy atom. The lowest BCUT2D eigenvalue weighted by molar-refractivity contribution is -0.129. The first-order valence-electron chi connectivity index (χ1n) is 10.4. The first kappa shape index (κ1) is 21.5. The molecule has 0 spiro atoms. The van der Waals surface area contributed by atoms with Crippen LogP contribution in [0.4, 0.5) is 0 Å². The Hall–Kier alpha value is -2.68. The number of benzene rings is 1. The van der Waals surface area contributed by atoms with Gasteiger partial charge in [0.25, 0.3) is 5.91 Å². The van der Waals surface area contributed by atoms with E-state index in [0.717, 1.165) is 24.4 Å². The number of amides is 1. The summed E-state index contributed by atoms with van der Waals surface area (Å²) in [6.07, 6.45) is 0. The maximum absolute atomic E-state index is 13.2. The molecule has 1 N–H and O–H groups in total. The summed E-state index contributed by atoms with van der Waals surface area (Å²) in [6.45, 7) is 6.46. The summed E-state index contributed by atoms with van der Waals surface area (Å²) in [7, 11) is 0. The highest BCUT2D eigenvalue weighted by molar-refractivity contribution is 7.12. The molecule has 1 aromatic carbocycles. The van der Waals surface area contributed by atoms with E-state index in [2.05, 4.69) is 4.90 Å². The monoisotopic (exact) mass is 442 g/mol. The average molecular weight is 443 g/mol. The molecule has 7 nitrogen and oxygen atoms in total. The van der Waals surface area contributed by atoms with Gasteiger partial charge in [0.15, 0.2) is 5.76 Å². The van der Waals surface area contributed by atoms with Gasteiger partial charge in [-0.25, -0.2) is 0 Å². The molecule has 164 valence electrons. The molecule has 4 rings (SSSR count). The first-order chi connectivity index (χ1) is 15.1. The molecule has 31 heavy (non-hydrogen) atoms. The zero-order chi connectivity index (χ0) is 21.8. The highest BCUT2D eigenvalue weighted by Crippen LogP contribution is 2.39. The molecule has 2 aliphatic rings. The number of hydrogen-bond donors (Lipinski definition) is 1. The van der Waals surface area contributed by atoms with E-state index in [1.165, 1.54) is 11.3 Å². The average Bonchev–Trinajstić information content (AvgIpc) is 3.41. The second-order valence-electron chi connectivity index (χ2n) is 7.43. The molecule has 2 aromatic rings. The predicted octanol–water partition coefficient (Wildman–Crippen LogP) is 3.06. The van der Waals surface area contributed by atoms with Gasteiger partial charge in [-0.2, -0.15) is 0 Å². The highest BCUT2D eigenvalue weighted by atomic mass is 32.1. The van der Waals surface area contributed by atoms with Gasteiger partial charge in [-0.1, -0.05) is 18.2 Å². The summed E-state index contributed by atoms with van der Waals surface area (Å²) < 4.78 is 10.9. The number of aliphatic hydroxyl groups is 1. The second kappa shape index (κ2) is 9.64. The van der Waals surface area contributed by atoms with Crippen LogP contribution >= 0.6 is 11.3 Å². The molecular weight excluding hydrogens is 416 g/mol. The van der Waals surface area contributed by atoms with Crippen molar-refractivity contribution in [2.24, 2.45) is 0 Å². The first-order valence-corrected chi connectivity index (χ1v) is 11.3. The van der Waals surface area contributed by atoms with E-state index in [1.807, 2.05) is 36.6 Å². The molecule has 0 bridgehead atoms. The molecule has 1 unspecified atom stereocenters. The predicted molar refractivity (Wildman–Crippen MR) is 118 cm³/mol. The summed E-state index contributed by atoms with van der Waals surface area (Å²) in [5, 5.41) is 12.5. The van der Waals surface area contributed by atoms with Crippen LogP contribution in [0, 0.1) is 0 Å². The molecule has 1 fully saturated rings. The fourth-order valence-corrected chi connectivity index (χ4v) is 4.67. The van der Waals surface area contributed by atoms with Crippen LogP contribution in [0.5, 0.6) is 5.75 Å². The van der Waals surface area contributed by atoms with Gasteiger partial charge in [0.1, 0.15) is 5.75 Å². The van der Waals surface area contributed by atoms with Gasteiger partial charge in [-0.15, -0.1) is 11.3 Å². The minimum absolute atomic E-state index is 0.138. The van der Waals surface area contributed by atoms with Crippen molar-refractivity contribution in [3.63, 3.8) is 0 Å². The number of ether oxygens (including phenoxy) is 2. The number of thiophene rings is 1. The number of Topliss-reactive ketones (excluding diaryl/α,β-unsaturated/α-hetero) is 1. The molecule has 1 saturated heterocycles. The van der Waals surface area contributed by atoms with E-state index < -0.39 is 17.7 Å². The molecular formula is C23H26N2O5S. The number of rotatable bonds is 8. The van der Waals surface area contributed by atoms with E-state index in [4.69, 9.17) is 9.47 Å². The maximum Gasteiger partial charge on any atom is 0.290 e. The van der Waals surface area contributed by atoms with Gasteiger partial charge in [-0.3, -0.25) is 14.5 Å². The number of ketones is 1. The van der Waals surface area contributed by atoms with Crippen molar-refractivity contribution in [1.29, 1.82) is 0 Å². The summed E-state index contributed by atoms with van der Waals surface area (Å²) in [6, 6.07) is 10.2. The normalized spacial score (nSPS) is 19.8. The Morgan fingerprint density at radius 2 is 1.94 bits per heavy atom. The van der Waals surface area contributed by atoms with Crippen molar-refractivity contribution in [1.82, 2.24) is 9.80 Å². The number of carbonyl (C=O) groups is 2. The lowest BCUT2D eigenvalue weighted by atomic mass is 9.95. The molecule has 0 radical (unpaired) electrons. The molecule has 8 heteroatoms. The summed E-state index contributed by atoms with van der Waals surface area (Å²) in [5.41, 5.74) is 0.904. The highest BCUT2D eigenvalue weighted by Gasteiger charge is 2.43. The summed E-state index contributed by atoms with van der Waals surface area (Å²) in [4.78, 5) is 30.6. The largest absolute Gasteiger partial charge is 0.503 e. The van der Waals surface area contributed by atoms with Gasteiger partial charge < -0.3 is 19.5 Å². The molecule has 0 saturated carbocycles. The van der Waals surface area contributed by atoms with Gasteiger partial charge >= 0.3 is 0 Å². The van der Waals surface area contributed by atoms with Gasteiger partial charge in [0.2, 0.25) is 5.78 Å². The molecule has 3 heterocycles. The Bertz CT molecular complexity index is 949. The maximum atomic E-state index is 13.2. The zero-order valence-corrected chi connectivity index (χ0v) is 18.3. The Morgan fingerprint density at radius 1 is 1.19 bits per heavy atom. The zero-order valence-electron chi connectivity index (χ0n) is 17.5. The van der Waals surface area contributed by atoms with Crippen molar-refractivity contribution < 1.29 is 24.2 Å². The van der Waals surface area contributed by atoms with E-state index in [1.54, 1.807) is 17.0 Å². The number of hydrogen-bond acceptors (Lipinski definition) is 7. The topological polar surface area (TPSA) is 79.3 Å². The van der Waals surface area contributed by atoms with E-state index in [-0.39, 0.29) is 11.4 Å². The summed E-state index contributed by atoms with van der Waals surface area (Å²) >= 11 is 1.30. The lowest BCUT2D eigenvalue weighted by Crippen LogP contribution is -2.43. The minimum atomic E-state index is -0.640. The number of nitrogens with zero attached hydrogens (tertiary/aromatic N) is 2. The Kier molecular flexibility index (Phi) is 6.70. The van der Waals surface area contributed by atoms with Gasteiger partial charge in [-0.05, 0) is 36.1 Å². The third-order valence-corrected chi connectivity index (χ3v) is 6.43. The molecule has 1 aromatic heterocycles. The van der Waals surface area contributed by atoms with Crippen LogP contribution < -0.4 is 4.74 Å². The van der Waals surface area contributed by atoms with E-state index >= 15 is 0 Å². The van der Waals surface area contributed by atoms with Crippen molar-refractivity contribution in [3.8, 4) is 5.75 Å². The smallest absolute Gasteiger partial charge is 0.290 e. The molecule has 1 amide bonds. The van der Waals surface area contributed by atoms with Crippen molar-refractivity contribution in [3.05, 3.63) is 63.6 Å². The van der Waals surface area contributed by atoms with Crippen LogP contribution in [0.25, 0.3) is 0 Å². The molecule has 2 aliphatic heterocycles. The lowest BCUT2D eigenvalue weighted by Gasteiger charge is -2.31. The number of aliphatic hydroxyl groups excluding tert-OH is 1. The quantitative estimate of drug-likeness (QED) is 0.633. The van der Waals surface area contributed by atoms with Crippen LogP contribution in [0.1, 0.15) is 28.2 Å². The van der Waals surface area contributed by atoms with Crippen molar-refractivity contribution in [2.75, 3.05) is 46.0 Å². The third kappa shape index (κ3) is 4.51. The van der Waals surface area contributed by atoms with Crippen LogP contribution in [-0.2, 0) is 9.53 Å².